The number of rotatable bonds is 3. The molecule has 0 spiro atoms. The molecule has 3 heteroatoms. The van der Waals surface area contributed by atoms with Crippen molar-refractivity contribution < 1.29 is 4.79 Å². The minimum absolute atomic E-state index is 0.289. The second-order valence-corrected chi connectivity index (χ2v) is 2.20. The van der Waals surface area contributed by atoms with Gasteiger partial charge in [-0.1, -0.05) is 6.92 Å². The van der Waals surface area contributed by atoms with Crippen molar-refractivity contribution in [3.05, 3.63) is 0 Å². The molecule has 3 N–H and O–H groups in total. The highest BCUT2D eigenvalue weighted by Crippen LogP contribution is 1.85. The molecule has 1 amide bonds. The van der Waals surface area contributed by atoms with Gasteiger partial charge in [-0.3, -0.25) is 4.79 Å². The van der Waals surface area contributed by atoms with Gasteiger partial charge in [-0.15, -0.1) is 6.42 Å². The zero-order valence-corrected chi connectivity index (χ0v) is 6.05. The van der Waals surface area contributed by atoms with Crippen LogP contribution in [-0.4, -0.2) is 19.0 Å². The largest absolute Gasteiger partial charge is 0.345 e. The summed E-state index contributed by atoms with van der Waals surface area (Å²) in [6.45, 7) is 3.06. The average Bonchev–Trinajstić information content (AvgIpc) is 1.99. The standard InChI is InChI=1S/C7H12N2O/c1-3-7(10)9-5-6(2)4-8/h1,6H,4-5,8H2,2H3,(H,9,10). The third-order valence-electron chi connectivity index (χ3n) is 1.14. The Hall–Kier alpha value is -1.01. The van der Waals surface area contributed by atoms with Crippen LogP contribution in [0.1, 0.15) is 6.92 Å². The van der Waals surface area contributed by atoms with Crippen molar-refractivity contribution in [1.29, 1.82) is 0 Å². The first-order valence-electron chi connectivity index (χ1n) is 3.15. The molecule has 3 nitrogen and oxygen atoms in total. The summed E-state index contributed by atoms with van der Waals surface area (Å²) in [7, 11) is 0. The van der Waals surface area contributed by atoms with Crippen molar-refractivity contribution in [3.63, 3.8) is 0 Å². The molecule has 0 rings (SSSR count). The number of nitrogens with two attached hydrogens (primary N) is 1. The zero-order chi connectivity index (χ0) is 7.98. The number of carbonyl (C=O) groups excluding carboxylic acids is 1. The molecular weight excluding hydrogens is 128 g/mol. The number of hydrogen-bond donors (Lipinski definition) is 2. The van der Waals surface area contributed by atoms with E-state index in [1.807, 2.05) is 12.8 Å². The lowest BCUT2D eigenvalue weighted by molar-refractivity contribution is -0.115. The second-order valence-electron chi connectivity index (χ2n) is 2.20. The Balaban J connectivity index is 3.37. The maximum absolute atomic E-state index is 10.4. The van der Waals surface area contributed by atoms with Gasteiger partial charge in [-0.25, -0.2) is 0 Å². The van der Waals surface area contributed by atoms with Crippen LogP contribution in [0.4, 0.5) is 0 Å². The van der Waals surface area contributed by atoms with Gasteiger partial charge in [-0.05, 0) is 18.4 Å². The predicted octanol–water partition coefficient (Wildman–Crippen LogP) is -0.669. The first-order chi connectivity index (χ1) is 4.70. The van der Waals surface area contributed by atoms with Crippen LogP contribution < -0.4 is 11.1 Å². The van der Waals surface area contributed by atoms with E-state index in [1.54, 1.807) is 0 Å². The third kappa shape index (κ3) is 3.93. The van der Waals surface area contributed by atoms with E-state index in [1.165, 1.54) is 0 Å². The fraction of sp³-hybridized carbons (Fsp3) is 0.571. The molecule has 0 aromatic heterocycles. The molecule has 0 saturated heterocycles. The van der Waals surface area contributed by atoms with Crippen LogP contribution in [0, 0.1) is 18.3 Å². The Bertz CT molecular complexity index is 148. The van der Waals surface area contributed by atoms with E-state index >= 15 is 0 Å². The lowest BCUT2D eigenvalue weighted by Crippen LogP contribution is -2.30. The van der Waals surface area contributed by atoms with E-state index in [2.05, 4.69) is 5.32 Å². The van der Waals surface area contributed by atoms with E-state index in [-0.39, 0.29) is 11.8 Å². The van der Waals surface area contributed by atoms with Crippen molar-refractivity contribution in [2.45, 2.75) is 6.92 Å². The molecule has 0 radical (unpaired) electrons. The second kappa shape index (κ2) is 4.83. The highest BCUT2D eigenvalue weighted by molar-refractivity contribution is 5.92. The molecule has 0 aromatic carbocycles. The number of amides is 1. The predicted molar refractivity (Wildman–Crippen MR) is 40.1 cm³/mol. The van der Waals surface area contributed by atoms with E-state index in [0.29, 0.717) is 13.1 Å². The molecule has 0 heterocycles. The highest BCUT2D eigenvalue weighted by Gasteiger charge is 1.99. The lowest BCUT2D eigenvalue weighted by atomic mass is 10.2. The normalized spacial score (nSPS) is 11.7. The summed E-state index contributed by atoms with van der Waals surface area (Å²) in [5, 5.41) is 2.53. The third-order valence-corrected chi connectivity index (χ3v) is 1.14. The molecule has 0 aliphatic carbocycles. The monoisotopic (exact) mass is 140 g/mol. The zero-order valence-electron chi connectivity index (χ0n) is 6.05. The van der Waals surface area contributed by atoms with Crippen LogP contribution in [-0.2, 0) is 4.79 Å². The molecule has 0 saturated carbocycles. The fourth-order valence-corrected chi connectivity index (χ4v) is 0.401. The molecule has 0 aliphatic heterocycles. The minimum atomic E-state index is -0.375. The van der Waals surface area contributed by atoms with Gasteiger partial charge in [0.2, 0.25) is 0 Å². The maximum atomic E-state index is 10.4. The Morgan fingerprint density at radius 1 is 1.90 bits per heavy atom. The lowest BCUT2D eigenvalue weighted by Gasteiger charge is -2.06. The topological polar surface area (TPSA) is 55.1 Å². The quantitative estimate of drug-likeness (QED) is 0.511. The average molecular weight is 140 g/mol. The van der Waals surface area contributed by atoms with Gasteiger partial charge in [0.15, 0.2) is 0 Å². The number of carbonyl (C=O) groups is 1. The molecule has 10 heavy (non-hydrogen) atoms. The Labute approximate surface area is 61.0 Å². The molecule has 1 unspecified atom stereocenters. The summed E-state index contributed by atoms with van der Waals surface area (Å²) in [5.41, 5.74) is 5.30. The van der Waals surface area contributed by atoms with Crippen LogP contribution in [0.2, 0.25) is 0 Å². The van der Waals surface area contributed by atoms with Crippen molar-refractivity contribution in [2.75, 3.05) is 13.1 Å². The Morgan fingerprint density at radius 2 is 2.50 bits per heavy atom. The van der Waals surface area contributed by atoms with Gasteiger partial charge in [0.1, 0.15) is 0 Å². The molecule has 0 fully saturated rings. The Kier molecular flexibility index (Phi) is 4.34. The van der Waals surface area contributed by atoms with Crippen molar-refractivity contribution in [1.82, 2.24) is 5.32 Å². The summed E-state index contributed by atoms with van der Waals surface area (Å²) >= 11 is 0. The molecule has 0 bridgehead atoms. The van der Waals surface area contributed by atoms with Crippen LogP contribution in [0.5, 0.6) is 0 Å². The summed E-state index contributed by atoms with van der Waals surface area (Å²) in [6, 6.07) is 0. The molecule has 56 valence electrons. The molecule has 0 aliphatic rings. The van der Waals surface area contributed by atoms with Gasteiger partial charge in [0.05, 0.1) is 0 Å². The number of hydrogen-bond acceptors (Lipinski definition) is 2. The van der Waals surface area contributed by atoms with Crippen LogP contribution in [0.15, 0.2) is 0 Å². The highest BCUT2D eigenvalue weighted by atomic mass is 16.1. The summed E-state index contributed by atoms with van der Waals surface area (Å²) < 4.78 is 0. The molecule has 0 aromatic rings. The van der Waals surface area contributed by atoms with Gasteiger partial charge in [0.25, 0.3) is 5.91 Å². The SMILES string of the molecule is C#CC(=O)NCC(C)CN. The number of nitrogens with one attached hydrogen (secondary N) is 1. The van der Waals surface area contributed by atoms with E-state index in [9.17, 15) is 4.79 Å². The van der Waals surface area contributed by atoms with E-state index in [0.717, 1.165) is 0 Å². The smallest absolute Gasteiger partial charge is 0.295 e. The summed E-state index contributed by atoms with van der Waals surface area (Å²) in [4.78, 5) is 10.4. The minimum Gasteiger partial charge on any atom is -0.345 e. The van der Waals surface area contributed by atoms with Crippen molar-refractivity contribution in [3.8, 4) is 12.3 Å². The van der Waals surface area contributed by atoms with Gasteiger partial charge in [0, 0.05) is 6.54 Å². The summed E-state index contributed by atoms with van der Waals surface area (Å²) in [5.74, 6) is 1.87. The van der Waals surface area contributed by atoms with E-state index < -0.39 is 0 Å². The first kappa shape index (κ1) is 8.99. The van der Waals surface area contributed by atoms with Gasteiger partial charge >= 0.3 is 0 Å². The first-order valence-corrected chi connectivity index (χ1v) is 3.15. The molecular formula is C7H12N2O. The Morgan fingerprint density at radius 3 is 2.90 bits per heavy atom. The van der Waals surface area contributed by atoms with Crippen LogP contribution >= 0.6 is 0 Å². The summed E-state index contributed by atoms with van der Waals surface area (Å²) in [6.07, 6.45) is 4.81. The van der Waals surface area contributed by atoms with Gasteiger partial charge in [-0.2, -0.15) is 0 Å². The van der Waals surface area contributed by atoms with Crippen molar-refractivity contribution >= 4 is 5.91 Å². The van der Waals surface area contributed by atoms with Crippen LogP contribution in [0.3, 0.4) is 0 Å². The van der Waals surface area contributed by atoms with Crippen LogP contribution in [0.25, 0.3) is 0 Å². The number of terminal acetylenes is 1. The van der Waals surface area contributed by atoms with Gasteiger partial charge < -0.3 is 11.1 Å². The maximum Gasteiger partial charge on any atom is 0.295 e. The fourth-order valence-electron chi connectivity index (χ4n) is 0.401. The van der Waals surface area contributed by atoms with Crippen molar-refractivity contribution in [2.24, 2.45) is 11.7 Å². The molecule has 1 atom stereocenters. The van der Waals surface area contributed by atoms with E-state index in [4.69, 9.17) is 12.2 Å².